The number of sulfonamides is 1. The Hall–Kier alpha value is -1.93. The summed E-state index contributed by atoms with van der Waals surface area (Å²) in [6, 6.07) is 3.75. The van der Waals surface area contributed by atoms with Crippen molar-refractivity contribution in [3.8, 4) is 5.75 Å². The number of nitrogens with two attached hydrogens (primary N) is 1. The lowest BCUT2D eigenvalue weighted by atomic mass is 10.1. The summed E-state index contributed by atoms with van der Waals surface area (Å²) in [6.45, 7) is 0.219. The second kappa shape index (κ2) is 5.82. The van der Waals surface area contributed by atoms with E-state index in [2.05, 4.69) is 0 Å². The number of nitrogens with zero attached hydrogens (tertiary/aromatic N) is 1. The molecule has 0 spiro atoms. The van der Waals surface area contributed by atoms with Crippen LogP contribution in [0.3, 0.4) is 0 Å². The first-order chi connectivity index (χ1) is 9.82. The van der Waals surface area contributed by atoms with Crippen LogP contribution in [0.1, 0.15) is 16.8 Å². The molecule has 0 saturated carbocycles. The topological polar surface area (TPSA) is 89.7 Å². The van der Waals surface area contributed by atoms with E-state index in [0.717, 1.165) is 6.07 Å². The summed E-state index contributed by atoms with van der Waals surface area (Å²) >= 11 is 0. The second-order valence-corrected chi connectivity index (χ2v) is 6.13. The van der Waals surface area contributed by atoms with Gasteiger partial charge in [-0.1, -0.05) is 0 Å². The largest absolute Gasteiger partial charge is 0.496 e. The molecule has 1 aliphatic heterocycles. The first-order valence-corrected chi connectivity index (χ1v) is 7.72. The molecule has 2 N–H and O–H groups in total. The van der Waals surface area contributed by atoms with Crippen molar-refractivity contribution in [2.24, 2.45) is 5.14 Å². The Morgan fingerprint density at radius 2 is 2.14 bits per heavy atom. The first kappa shape index (κ1) is 15.5. The predicted molar refractivity (Wildman–Crippen MR) is 74.1 cm³/mol. The van der Waals surface area contributed by atoms with Crippen molar-refractivity contribution in [1.29, 1.82) is 0 Å². The molecule has 21 heavy (non-hydrogen) atoms. The molecule has 0 aromatic heterocycles. The number of hydrogen-bond acceptors (Lipinski definition) is 4. The van der Waals surface area contributed by atoms with E-state index < -0.39 is 21.8 Å². The van der Waals surface area contributed by atoms with E-state index in [4.69, 9.17) is 9.88 Å². The molecule has 2 rings (SSSR count). The number of carbonyl (C=O) groups excluding carboxylic acids is 1. The molecule has 1 heterocycles. The molecule has 0 fully saturated rings. The van der Waals surface area contributed by atoms with Crippen molar-refractivity contribution in [2.45, 2.75) is 11.3 Å². The maximum Gasteiger partial charge on any atom is 0.258 e. The van der Waals surface area contributed by atoms with Crippen LogP contribution in [0, 0.1) is 0 Å². The number of ether oxygens (including phenoxy) is 1. The fourth-order valence-corrected chi connectivity index (χ4v) is 2.62. The lowest BCUT2D eigenvalue weighted by Crippen LogP contribution is -2.35. The van der Waals surface area contributed by atoms with Crippen molar-refractivity contribution in [3.63, 3.8) is 0 Å². The highest BCUT2D eigenvalue weighted by molar-refractivity contribution is 7.89. The van der Waals surface area contributed by atoms with Crippen molar-refractivity contribution < 1.29 is 22.3 Å². The Morgan fingerprint density at radius 1 is 1.43 bits per heavy atom. The zero-order valence-corrected chi connectivity index (χ0v) is 12.2. The summed E-state index contributed by atoms with van der Waals surface area (Å²) in [6.07, 6.45) is 1.83. The van der Waals surface area contributed by atoms with Gasteiger partial charge in [0.05, 0.1) is 24.1 Å². The summed E-state index contributed by atoms with van der Waals surface area (Å²) < 4.78 is 41.1. The minimum atomic E-state index is -3.94. The Kier molecular flexibility index (Phi) is 4.29. The van der Waals surface area contributed by atoms with Crippen LogP contribution in [-0.2, 0) is 10.0 Å². The molecule has 0 bridgehead atoms. The third-order valence-electron chi connectivity index (χ3n) is 3.12. The van der Waals surface area contributed by atoms with Crippen molar-refractivity contribution >= 4 is 15.9 Å². The molecule has 1 amide bonds. The maximum absolute atomic E-state index is 13.3. The molecule has 114 valence electrons. The van der Waals surface area contributed by atoms with Gasteiger partial charge in [0.25, 0.3) is 5.91 Å². The van der Waals surface area contributed by atoms with Crippen LogP contribution >= 0.6 is 0 Å². The van der Waals surface area contributed by atoms with Gasteiger partial charge in [0.15, 0.2) is 0 Å². The van der Waals surface area contributed by atoms with Gasteiger partial charge in [0, 0.05) is 6.54 Å². The summed E-state index contributed by atoms with van der Waals surface area (Å²) in [5, 5.41) is 5.06. The highest BCUT2D eigenvalue weighted by atomic mass is 32.2. The predicted octanol–water partition coefficient (Wildman–Crippen LogP) is 1.04. The molecular formula is C13H15FN2O4S. The fraction of sp³-hybridized carbons (Fsp3) is 0.308. The van der Waals surface area contributed by atoms with E-state index in [1.165, 1.54) is 30.2 Å². The quantitative estimate of drug-likeness (QED) is 0.902. The minimum absolute atomic E-state index is 0.0405. The molecule has 6 nitrogen and oxygen atoms in total. The number of hydrogen-bond donors (Lipinski definition) is 1. The SMILES string of the molecule is COc1ccc(S(N)(=O)=O)cc1C(=O)N1CCC=C(F)C1. The maximum atomic E-state index is 13.3. The lowest BCUT2D eigenvalue weighted by molar-refractivity contribution is 0.0751. The van der Waals surface area contributed by atoms with E-state index in [1.54, 1.807) is 0 Å². The third kappa shape index (κ3) is 3.40. The highest BCUT2D eigenvalue weighted by Gasteiger charge is 2.24. The average molecular weight is 314 g/mol. The Labute approximate surface area is 122 Å². The molecule has 0 radical (unpaired) electrons. The van der Waals surface area contributed by atoms with Crippen LogP contribution in [-0.4, -0.2) is 39.4 Å². The Morgan fingerprint density at radius 3 is 2.71 bits per heavy atom. The summed E-state index contributed by atoms with van der Waals surface area (Å²) in [5.41, 5.74) is 0.0405. The van der Waals surface area contributed by atoms with Crippen molar-refractivity contribution in [2.75, 3.05) is 20.2 Å². The number of rotatable bonds is 3. The van der Waals surface area contributed by atoms with Crippen LogP contribution < -0.4 is 9.88 Å². The highest BCUT2D eigenvalue weighted by Crippen LogP contribution is 2.25. The van der Waals surface area contributed by atoms with Gasteiger partial charge >= 0.3 is 0 Å². The molecule has 1 aromatic rings. The van der Waals surface area contributed by atoms with Crippen molar-refractivity contribution in [3.05, 3.63) is 35.7 Å². The van der Waals surface area contributed by atoms with Crippen LogP contribution in [0.4, 0.5) is 4.39 Å². The third-order valence-corrected chi connectivity index (χ3v) is 4.03. The number of amides is 1. The van der Waals surface area contributed by atoms with E-state index in [9.17, 15) is 17.6 Å². The molecule has 0 saturated heterocycles. The van der Waals surface area contributed by atoms with E-state index >= 15 is 0 Å². The van der Waals surface area contributed by atoms with E-state index in [0.29, 0.717) is 13.0 Å². The summed E-state index contributed by atoms with van der Waals surface area (Å²) in [4.78, 5) is 13.5. The molecule has 1 aliphatic rings. The monoisotopic (exact) mass is 314 g/mol. The van der Waals surface area contributed by atoms with Gasteiger partial charge in [-0.3, -0.25) is 4.79 Å². The molecular weight excluding hydrogens is 299 g/mol. The Balaban J connectivity index is 2.41. The number of benzene rings is 1. The first-order valence-electron chi connectivity index (χ1n) is 6.17. The van der Waals surface area contributed by atoms with E-state index in [1.807, 2.05) is 0 Å². The number of halogens is 1. The summed E-state index contributed by atoms with van der Waals surface area (Å²) in [7, 11) is -2.58. The Bertz CT molecular complexity index is 700. The molecule has 0 atom stereocenters. The van der Waals surface area contributed by atoms with Crippen LogP contribution in [0.5, 0.6) is 5.75 Å². The van der Waals surface area contributed by atoms with Gasteiger partial charge in [0.2, 0.25) is 10.0 Å². The smallest absolute Gasteiger partial charge is 0.258 e. The lowest BCUT2D eigenvalue weighted by Gasteiger charge is -2.25. The number of methoxy groups -OCH3 is 1. The van der Waals surface area contributed by atoms with Gasteiger partial charge in [-0.2, -0.15) is 0 Å². The zero-order valence-electron chi connectivity index (χ0n) is 11.4. The number of carbonyl (C=O) groups is 1. The minimum Gasteiger partial charge on any atom is -0.496 e. The van der Waals surface area contributed by atoms with Gasteiger partial charge in [-0.25, -0.2) is 17.9 Å². The number of primary sulfonamides is 1. The molecule has 0 unspecified atom stereocenters. The zero-order chi connectivity index (χ0) is 15.6. The molecule has 0 aliphatic carbocycles. The van der Waals surface area contributed by atoms with Gasteiger partial charge < -0.3 is 9.64 Å². The van der Waals surface area contributed by atoms with E-state index in [-0.39, 0.29) is 22.8 Å². The standard InChI is InChI=1S/C13H15FN2O4S/c1-20-12-5-4-10(21(15,18)19)7-11(12)13(17)16-6-2-3-9(14)8-16/h3-5,7H,2,6,8H2,1H3,(H2,15,18,19). The normalized spacial score (nSPS) is 15.6. The average Bonchev–Trinajstić information content (AvgIpc) is 2.44. The van der Waals surface area contributed by atoms with Crippen LogP contribution in [0.2, 0.25) is 0 Å². The van der Waals surface area contributed by atoms with Crippen LogP contribution in [0.15, 0.2) is 35.0 Å². The van der Waals surface area contributed by atoms with Crippen molar-refractivity contribution in [1.82, 2.24) is 4.90 Å². The van der Waals surface area contributed by atoms with Crippen LogP contribution in [0.25, 0.3) is 0 Å². The van der Waals surface area contributed by atoms with Gasteiger partial charge in [0.1, 0.15) is 11.6 Å². The molecule has 1 aromatic carbocycles. The van der Waals surface area contributed by atoms with Gasteiger partial charge in [-0.05, 0) is 30.7 Å². The van der Waals surface area contributed by atoms with Gasteiger partial charge in [-0.15, -0.1) is 0 Å². The fourth-order valence-electron chi connectivity index (χ4n) is 2.08. The summed E-state index contributed by atoms with van der Waals surface area (Å²) in [5.74, 6) is -0.681. The molecule has 8 heteroatoms. The second-order valence-electron chi connectivity index (χ2n) is 4.57.